The molecule has 0 aliphatic heterocycles. The minimum absolute atomic E-state index is 0.156. The number of nitrogens with zero attached hydrogens (tertiary/aromatic N) is 2. The maximum Gasteiger partial charge on any atom is 0.243 e. The highest BCUT2D eigenvalue weighted by Crippen LogP contribution is 2.30. The molecule has 15 heavy (non-hydrogen) atoms. The molecule has 0 spiro atoms. The minimum atomic E-state index is -0.156. The standard InChI is InChI=1S/C11H19N3O/c1-8(12)11-13-10(14-15-11)9-6-4-2-3-5-7-9/h8-9H,2-7,12H2,1H3/t8-/m1/s1. The van der Waals surface area contributed by atoms with Gasteiger partial charge in [0.1, 0.15) is 0 Å². The van der Waals surface area contributed by atoms with Crippen LogP contribution >= 0.6 is 0 Å². The zero-order valence-electron chi connectivity index (χ0n) is 9.28. The molecule has 2 rings (SSSR count). The van der Waals surface area contributed by atoms with Gasteiger partial charge in [-0.1, -0.05) is 30.8 Å². The van der Waals surface area contributed by atoms with Gasteiger partial charge in [-0.3, -0.25) is 0 Å². The number of nitrogens with two attached hydrogens (primary N) is 1. The molecule has 1 atom stereocenters. The second-order valence-electron chi connectivity index (χ2n) is 4.47. The zero-order chi connectivity index (χ0) is 10.7. The maximum atomic E-state index is 5.69. The van der Waals surface area contributed by atoms with Crippen LogP contribution in [-0.2, 0) is 0 Å². The third-order valence-corrected chi connectivity index (χ3v) is 3.07. The molecule has 0 aromatic carbocycles. The lowest BCUT2D eigenvalue weighted by Gasteiger charge is -2.07. The summed E-state index contributed by atoms with van der Waals surface area (Å²) in [5, 5.41) is 4.04. The minimum Gasteiger partial charge on any atom is -0.338 e. The summed E-state index contributed by atoms with van der Waals surface area (Å²) in [6.45, 7) is 1.87. The zero-order valence-corrected chi connectivity index (χ0v) is 9.28. The molecule has 4 heteroatoms. The number of hydrogen-bond acceptors (Lipinski definition) is 4. The van der Waals surface area contributed by atoms with Crippen molar-refractivity contribution in [2.75, 3.05) is 0 Å². The van der Waals surface area contributed by atoms with Crippen molar-refractivity contribution in [3.8, 4) is 0 Å². The van der Waals surface area contributed by atoms with Crippen molar-refractivity contribution in [1.29, 1.82) is 0 Å². The van der Waals surface area contributed by atoms with Crippen molar-refractivity contribution < 1.29 is 4.52 Å². The summed E-state index contributed by atoms with van der Waals surface area (Å²) in [4.78, 5) is 4.37. The molecule has 0 unspecified atom stereocenters. The van der Waals surface area contributed by atoms with E-state index >= 15 is 0 Å². The van der Waals surface area contributed by atoms with Crippen molar-refractivity contribution in [3.05, 3.63) is 11.7 Å². The normalized spacial score (nSPS) is 21.2. The van der Waals surface area contributed by atoms with Crippen LogP contribution < -0.4 is 5.73 Å². The van der Waals surface area contributed by atoms with Gasteiger partial charge in [-0.05, 0) is 19.8 Å². The van der Waals surface area contributed by atoms with Crippen LogP contribution in [0.3, 0.4) is 0 Å². The van der Waals surface area contributed by atoms with Crippen LogP contribution in [0.4, 0.5) is 0 Å². The first-order valence-electron chi connectivity index (χ1n) is 5.86. The highest BCUT2D eigenvalue weighted by Gasteiger charge is 2.20. The fourth-order valence-corrected chi connectivity index (χ4v) is 2.14. The monoisotopic (exact) mass is 209 g/mol. The molecule has 1 heterocycles. The van der Waals surface area contributed by atoms with Gasteiger partial charge >= 0.3 is 0 Å². The molecule has 2 N–H and O–H groups in total. The molecule has 1 saturated carbocycles. The Hall–Kier alpha value is -0.900. The first-order chi connectivity index (χ1) is 7.27. The molecule has 0 amide bonds. The molecule has 84 valence electrons. The van der Waals surface area contributed by atoms with Gasteiger partial charge in [0.05, 0.1) is 6.04 Å². The van der Waals surface area contributed by atoms with Crippen LogP contribution in [0.25, 0.3) is 0 Å². The van der Waals surface area contributed by atoms with E-state index in [9.17, 15) is 0 Å². The van der Waals surface area contributed by atoms with E-state index in [1.165, 1.54) is 38.5 Å². The average Bonchev–Trinajstić information content (AvgIpc) is 2.55. The molecule has 1 aliphatic rings. The van der Waals surface area contributed by atoms with Gasteiger partial charge in [0.25, 0.3) is 0 Å². The Labute approximate surface area is 90.2 Å². The smallest absolute Gasteiger partial charge is 0.243 e. The van der Waals surface area contributed by atoms with Gasteiger partial charge in [-0.2, -0.15) is 4.98 Å². The molecule has 0 saturated heterocycles. The van der Waals surface area contributed by atoms with Crippen LogP contribution in [0.2, 0.25) is 0 Å². The summed E-state index contributed by atoms with van der Waals surface area (Å²) in [6, 6.07) is -0.156. The van der Waals surface area contributed by atoms with E-state index in [0.29, 0.717) is 11.8 Å². The summed E-state index contributed by atoms with van der Waals surface area (Å²) in [6.07, 6.45) is 7.64. The van der Waals surface area contributed by atoms with Crippen molar-refractivity contribution >= 4 is 0 Å². The largest absolute Gasteiger partial charge is 0.338 e. The Morgan fingerprint density at radius 3 is 2.47 bits per heavy atom. The summed E-state index contributed by atoms with van der Waals surface area (Å²) in [5.74, 6) is 1.92. The molecule has 1 aromatic heterocycles. The predicted molar refractivity (Wildman–Crippen MR) is 57.3 cm³/mol. The molecular formula is C11H19N3O. The molecule has 0 bridgehead atoms. The predicted octanol–water partition coefficient (Wildman–Crippen LogP) is 2.53. The van der Waals surface area contributed by atoms with E-state index in [0.717, 1.165) is 5.82 Å². The number of aromatic nitrogens is 2. The third kappa shape index (κ3) is 2.56. The van der Waals surface area contributed by atoms with Gasteiger partial charge < -0.3 is 10.3 Å². The van der Waals surface area contributed by atoms with Gasteiger partial charge in [0, 0.05) is 5.92 Å². The van der Waals surface area contributed by atoms with E-state index in [2.05, 4.69) is 10.1 Å². The third-order valence-electron chi connectivity index (χ3n) is 3.07. The molecule has 4 nitrogen and oxygen atoms in total. The van der Waals surface area contributed by atoms with E-state index < -0.39 is 0 Å². The van der Waals surface area contributed by atoms with Gasteiger partial charge in [0.15, 0.2) is 5.82 Å². The lowest BCUT2D eigenvalue weighted by Crippen LogP contribution is -2.06. The summed E-state index contributed by atoms with van der Waals surface area (Å²) in [5.41, 5.74) is 5.69. The van der Waals surface area contributed by atoms with E-state index in [1.807, 2.05) is 6.92 Å². The highest BCUT2D eigenvalue weighted by molar-refractivity contribution is 4.97. The van der Waals surface area contributed by atoms with E-state index in [4.69, 9.17) is 10.3 Å². The lowest BCUT2D eigenvalue weighted by molar-refractivity contribution is 0.352. The molecule has 0 radical (unpaired) electrons. The topological polar surface area (TPSA) is 64.9 Å². The lowest BCUT2D eigenvalue weighted by atomic mass is 10.00. The van der Waals surface area contributed by atoms with Gasteiger partial charge in [-0.25, -0.2) is 0 Å². The molecular weight excluding hydrogens is 190 g/mol. The van der Waals surface area contributed by atoms with E-state index in [-0.39, 0.29) is 6.04 Å². The Kier molecular flexibility index (Phi) is 3.36. The van der Waals surface area contributed by atoms with Crippen molar-refractivity contribution in [3.63, 3.8) is 0 Å². The summed E-state index contributed by atoms with van der Waals surface area (Å²) < 4.78 is 5.13. The Morgan fingerprint density at radius 1 is 1.27 bits per heavy atom. The van der Waals surface area contributed by atoms with Crippen molar-refractivity contribution in [2.24, 2.45) is 5.73 Å². The van der Waals surface area contributed by atoms with Crippen LogP contribution in [-0.4, -0.2) is 10.1 Å². The average molecular weight is 209 g/mol. The molecule has 1 aliphatic carbocycles. The molecule has 1 aromatic rings. The number of hydrogen-bond donors (Lipinski definition) is 1. The van der Waals surface area contributed by atoms with Gasteiger partial charge in [0.2, 0.25) is 5.89 Å². The van der Waals surface area contributed by atoms with Crippen LogP contribution in [0, 0.1) is 0 Å². The quantitative estimate of drug-likeness (QED) is 0.760. The Morgan fingerprint density at radius 2 is 1.93 bits per heavy atom. The summed E-state index contributed by atoms with van der Waals surface area (Å²) >= 11 is 0. The first-order valence-corrected chi connectivity index (χ1v) is 5.86. The highest BCUT2D eigenvalue weighted by atomic mass is 16.5. The molecule has 1 fully saturated rings. The van der Waals surface area contributed by atoms with Gasteiger partial charge in [-0.15, -0.1) is 0 Å². The summed E-state index contributed by atoms with van der Waals surface area (Å²) in [7, 11) is 0. The van der Waals surface area contributed by atoms with Crippen LogP contribution in [0.5, 0.6) is 0 Å². The van der Waals surface area contributed by atoms with Crippen LogP contribution in [0.15, 0.2) is 4.52 Å². The SMILES string of the molecule is C[C@@H](N)c1nc(C2CCCCCC2)no1. The maximum absolute atomic E-state index is 5.69. The van der Waals surface area contributed by atoms with Crippen molar-refractivity contribution in [2.45, 2.75) is 57.4 Å². The fraction of sp³-hybridized carbons (Fsp3) is 0.818. The van der Waals surface area contributed by atoms with Crippen LogP contribution in [0.1, 0.15) is 69.1 Å². The Bertz CT molecular complexity index is 301. The van der Waals surface area contributed by atoms with Crippen molar-refractivity contribution in [1.82, 2.24) is 10.1 Å². The Balaban J connectivity index is 2.06. The first kappa shape index (κ1) is 10.6. The number of rotatable bonds is 2. The van der Waals surface area contributed by atoms with E-state index in [1.54, 1.807) is 0 Å². The second-order valence-corrected chi connectivity index (χ2v) is 4.47. The second kappa shape index (κ2) is 4.75. The fourth-order valence-electron chi connectivity index (χ4n) is 2.14.